The van der Waals surface area contributed by atoms with Gasteiger partial charge in [0.1, 0.15) is 5.54 Å². The summed E-state index contributed by atoms with van der Waals surface area (Å²) in [4.78, 5) is 40.7. The van der Waals surface area contributed by atoms with Crippen LogP contribution >= 0.6 is 0 Å². The molecule has 3 aromatic carbocycles. The molecule has 2 heterocycles. The van der Waals surface area contributed by atoms with E-state index in [0.717, 1.165) is 26.6 Å². The lowest BCUT2D eigenvalue weighted by molar-refractivity contribution is -0.130. The Morgan fingerprint density at radius 1 is 1.00 bits per heavy atom. The van der Waals surface area contributed by atoms with E-state index in [4.69, 9.17) is 5.26 Å². The molecule has 7 heteroatoms. The molecule has 4 aromatic rings. The van der Waals surface area contributed by atoms with E-state index in [1.54, 1.807) is 13.1 Å². The number of hydrogen-bond donors (Lipinski definition) is 1. The van der Waals surface area contributed by atoms with Crippen molar-refractivity contribution in [2.45, 2.75) is 25.4 Å². The van der Waals surface area contributed by atoms with E-state index in [0.29, 0.717) is 24.1 Å². The third-order valence-corrected chi connectivity index (χ3v) is 6.46. The summed E-state index contributed by atoms with van der Waals surface area (Å²) >= 11 is 0. The third kappa shape index (κ3) is 3.32. The smallest absolute Gasteiger partial charge is 0.325 e. The Labute approximate surface area is 196 Å². The first-order valence-electron chi connectivity index (χ1n) is 11.0. The lowest BCUT2D eigenvalue weighted by atomic mass is 9.88. The van der Waals surface area contributed by atoms with Crippen LogP contribution in [0.1, 0.15) is 29.3 Å². The fourth-order valence-corrected chi connectivity index (χ4v) is 4.74. The number of urea groups is 1. The van der Waals surface area contributed by atoms with Gasteiger partial charge in [0, 0.05) is 29.2 Å². The van der Waals surface area contributed by atoms with Gasteiger partial charge in [0.25, 0.3) is 5.91 Å². The first-order valence-corrected chi connectivity index (χ1v) is 11.0. The molecule has 7 nitrogen and oxygen atoms in total. The van der Waals surface area contributed by atoms with E-state index >= 15 is 0 Å². The lowest BCUT2D eigenvalue weighted by Crippen LogP contribution is -2.41. The molecule has 3 amide bonds. The van der Waals surface area contributed by atoms with Crippen molar-refractivity contribution >= 4 is 39.4 Å². The van der Waals surface area contributed by atoms with Crippen molar-refractivity contribution in [2.75, 3.05) is 6.54 Å². The molecule has 0 saturated carbocycles. The molecule has 0 radical (unpaired) electrons. The summed E-state index contributed by atoms with van der Waals surface area (Å²) in [5, 5.41) is 14.3. The highest BCUT2D eigenvalue weighted by molar-refractivity contribution is 6.15. The number of amides is 3. The maximum Gasteiger partial charge on any atom is 0.325 e. The van der Waals surface area contributed by atoms with E-state index in [1.165, 1.54) is 0 Å². The molecule has 1 aromatic heterocycles. The van der Waals surface area contributed by atoms with Gasteiger partial charge in [-0.05, 0) is 29.3 Å². The molecule has 0 bridgehead atoms. The van der Waals surface area contributed by atoms with E-state index in [9.17, 15) is 14.4 Å². The molecule has 5 rings (SSSR count). The Balaban J connectivity index is 1.47. The number of para-hydroxylation sites is 1. The average molecular weight is 450 g/mol. The van der Waals surface area contributed by atoms with Crippen LogP contribution < -0.4 is 5.32 Å². The van der Waals surface area contributed by atoms with Gasteiger partial charge in [0.15, 0.2) is 5.78 Å². The van der Waals surface area contributed by atoms with Crippen LogP contribution in [0, 0.1) is 11.3 Å². The molecule has 1 atom stereocenters. The molecule has 168 valence electrons. The summed E-state index contributed by atoms with van der Waals surface area (Å²) in [5.74, 6) is -0.798. The number of nitriles is 1. The number of Topliss-reactive ketones (excluding diaryl/α,β-unsaturated/α-hetero) is 1. The zero-order valence-corrected chi connectivity index (χ0v) is 18.6. The molecule has 1 N–H and O–H groups in total. The number of fused-ring (bicyclic) bond motifs is 2. The molecule has 1 saturated heterocycles. The van der Waals surface area contributed by atoms with Crippen molar-refractivity contribution in [2.24, 2.45) is 0 Å². The highest BCUT2D eigenvalue weighted by atomic mass is 16.2. The van der Waals surface area contributed by atoms with Gasteiger partial charge in [-0.15, -0.1) is 0 Å². The van der Waals surface area contributed by atoms with Crippen molar-refractivity contribution in [3.05, 3.63) is 84.1 Å². The molecular weight excluding hydrogens is 428 g/mol. The number of imide groups is 1. The SMILES string of the molecule is C[C@]1(c2cccc3ccccc23)NC(=O)N(CC(=O)c2cn(CCC#N)c3ccccc23)C1=O. The Kier molecular flexibility index (Phi) is 5.14. The monoisotopic (exact) mass is 450 g/mol. The molecule has 1 aliphatic rings. The van der Waals surface area contributed by atoms with Crippen molar-refractivity contribution in [3.63, 3.8) is 0 Å². The zero-order valence-electron chi connectivity index (χ0n) is 18.6. The van der Waals surface area contributed by atoms with E-state index < -0.39 is 17.5 Å². The number of aromatic nitrogens is 1. The zero-order chi connectivity index (χ0) is 23.9. The largest absolute Gasteiger partial charge is 0.346 e. The predicted molar refractivity (Wildman–Crippen MR) is 128 cm³/mol. The number of aryl methyl sites for hydroxylation is 1. The number of nitrogens with one attached hydrogen (secondary N) is 1. The van der Waals surface area contributed by atoms with E-state index in [1.807, 2.05) is 71.3 Å². The second-order valence-electron chi connectivity index (χ2n) is 8.56. The Bertz CT molecular complexity index is 1510. The van der Waals surface area contributed by atoms with Crippen LogP contribution in [0.25, 0.3) is 21.7 Å². The van der Waals surface area contributed by atoms with Crippen LogP contribution in [-0.2, 0) is 16.9 Å². The molecular formula is C27H22N4O3. The number of rotatable bonds is 6. The van der Waals surface area contributed by atoms with Crippen molar-refractivity contribution in [3.8, 4) is 6.07 Å². The summed E-state index contributed by atoms with van der Waals surface area (Å²) in [5.41, 5.74) is 0.665. The van der Waals surface area contributed by atoms with Gasteiger partial charge in [-0.25, -0.2) is 4.79 Å². The molecule has 1 fully saturated rings. The first kappa shape index (κ1) is 21.4. The molecule has 0 unspecified atom stereocenters. The van der Waals surface area contributed by atoms with Gasteiger partial charge >= 0.3 is 6.03 Å². The van der Waals surface area contributed by atoms with Crippen LogP contribution in [0.2, 0.25) is 0 Å². The Morgan fingerprint density at radius 2 is 1.71 bits per heavy atom. The van der Waals surface area contributed by atoms with Crippen LogP contribution in [0.5, 0.6) is 0 Å². The average Bonchev–Trinajstić information content (AvgIpc) is 3.33. The lowest BCUT2D eigenvalue weighted by Gasteiger charge is -2.24. The summed E-state index contributed by atoms with van der Waals surface area (Å²) in [6, 6.07) is 22.2. The third-order valence-electron chi connectivity index (χ3n) is 6.46. The Hall–Kier alpha value is -4.44. The standard InChI is InChI=1S/C27H22N4O3/c1-27(22-12-6-9-18-8-2-3-10-19(18)22)25(33)31(26(34)29-27)17-24(32)21-16-30(15-7-14-28)23-13-5-4-11-20(21)23/h2-6,8-13,16H,7,15,17H2,1H3,(H,29,34)/t27-/m1/s1. The van der Waals surface area contributed by atoms with Gasteiger partial charge in [-0.3, -0.25) is 14.5 Å². The fourth-order valence-electron chi connectivity index (χ4n) is 4.74. The molecule has 1 aliphatic heterocycles. The minimum absolute atomic E-state index is 0.308. The second-order valence-corrected chi connectivity index (χ2v) is 8.56. The van der Waals surface area contributed by atoms with Crippen LogP contribution in [-0.4, -0.2) is 33.7 Å². The minimum atomic E-state index is -1.28. The Morgan fingerprint density at radius 3 is 2.50 bits per heavy atom. The number of hydrogen-bond acceptors (Lipinski definition) is 4. The summed E-state index contributed by atoms with van der Waals surface area (Å²) in [6.45, 7) is 1.76. The van der Waals surface area contributed by atoms with Gasteiger partial charge in [0.2, 0.25) is 0 Å². The van der Waals surface area contributed by atoms with Gasteiger partial charge in [-0.2, -0.15) is 5.26 Å². The fraction of sp³-hybridized carbons (Fsp3) is 0.185. The maximum absolute atomic E-state index is 13.5. The first-order chi connectivity index (χ1) is 16.4. The van der Waals surface area contributed by atoms with Gasteiger partial charge < -0.3 is 9.88 Å². The number of carbonyl (C=O) groups is 3. The molecule has 34 heavy (non-hydrogen) atoms. The van der Waals surface area contributed by atoms with Crippen LogP contribution in [0.15, 0.2) is 72.9 Å². The summed E-state index contributed by atoms with van der Waals surface area (Å²) in [7, 11) is 0. The van der Waals surface area contributed by atoms with Crippen molar-refractivity contribution in [1.82, 2.24) is 14.8 Å². The normalized spacial score (nSPS) is 17.8. The van der Waals surface area contributed by atoms with Gasteiger partial charge in [-0.1, -0.05) is 60.7 Å². The van der Waals surface area contributed by atoms with E-state index in [2.05, 4.69) is 11.4 Å². The number of ketones is 1. The maximum atomic E-state index is 13.5. The van der Waals surface area contributed by atoms with Crippen molar-refractivity contribution < 1.29 is 14.4 Å². The highest BCUT2D eigenvalue weighted by Gasteiger charge is 2.50. The highest BCUT2D eigenvalue weighted by Crippen LogP contribution is 2.34. The number of nitrogens with zero attached hydrogens (tertiary/aromatic N) is 3. The predicted octanol–water partition coefficient (Wildman–Crippen LogP) is 4.36. The molecule has 0 aliphatic carbocycles. The van der Waals surface area contributed by atoms with Crippen molar-refractivity contribution in [1.29, 1.82) is 5.26 Å². The van der Waals surface area contributed by atoms with Gasteiger partial charge in [0.05, 0.1) is 19.0 Å². The summed E-state index contributed by atoms with van der Waals surface area (Å²) in [6.07, 6.45) is 2.01. The van der Waals surface area contributed by atoms with E-state index in [-0.39, 0.29) is 12.3 Å². The number of benzene rings is 3. The van der Waals surface area contributed by atoms with Crippen LogP contribution in [0.4, 0.5) is 4.79 Å². The quantitative estimate of drug-likeness (QED) is 0.349. The topological polar surface area (TPSA) is 95.2 Å². The minimum Gasteiger partial charge on any atom is -0.346 e. The van der Waals surface area contributed by atoms with Crippen LogP contribution in [0.3, 0.4) is 0 Å². The number of carbonyl (C=O) groups excluding carboxylic acids is 3. The molecule has 0 spiro atoms. The summed E-state index contributed by atoms with van der Waals surface area (Å²) < 4.78 is 1.86. The second kappa shape index (κ2) is 8.16.